The average molecular weight is 322 g/mol. The fraction of sp³-hybridized carbons (Fsp3) is 0. The van der Waals surface area contributed by atoms with Gasteiger partial charge in [-0.1, -0.05) is 11.6 Å². The zero-order valence-electron chi connectivity index (χ0n) is 10.4. The van der Waals surface area contributed by atoms with Gasteiger partial charge in [-0.3, -0.25) is 4.79 Å². The Morgan fingerprint density at radius 3 is 2.71 bits per heavy atom. The number of carbonyl (C=O) groups is 1. The molecule has 0 saturated heterocycles. The van der Waals surface area contributed by atoms with Crippen molar-refractivity contribution in [1.29, 1.82) is 0 Å². The number of benzene rings is 2. The van der Waals surface area contributed by atoms with E-state index in [9.17, 15) is 15.0 Å². The molecule has 6 nitrogen and oxygen atoms in total. The number of anilines is 1. The van der Waals surface area contributed by atoms with Crippen molar-refractivity contribution in [3.8, 4) is 11.5 Å². The summed E-state index contributed by atoms with van der Waals surface area (Å²) >= 11 is 7.10. The SMILES string of the molecule is O=C(Nc1c(Cl)ccc2nsnc12)c1ccc(O)c(O)c1. The van der Waals surface area contributed by atoms with Crippen molar-refractivity contribution in [2.45, 2.75) is 0 Å². The van der Waals surface area contributed by atoms with Gasteiger partial charge >= 0.3 is 0 Å². The number of fused-ring (bicyclic) bond motifs is 1. The molecule has 0 aliphatic rings. The van der Waals surface area contributed by atoms with E-state index in [4.69, 9.17) is 11.6 Å². The minimum Gasteiger partial charge on any atom is -0.504 e. The van der Waals surface area contributed by atoms with Crippen LogP contribution in [0.15, 0.2) is 30.3 Å². The van der Waals surface area contributed by atoms with Crippen molar-refractivity contribution in [2.24, 2.45) is 0 Å². The molecule has 3 rings (SSSR count). The molecule has 21 heavy (non-hydrogen) atoms. The molecule has 0 fully saturated rings. The number of halogens is 1. The topological polar surface area (TPSA) is 95.3 Å². The summed E-state index contributed by atoms with van der Waals surface area (Å²) in [5.41, 5.74) is 1.68. The van der Waals surface area contributed by atoms with Crippen molar-refractivity contribution < 1.29 is 15.0 Å². The van der Waals surface area contributed by atoms with E-state index in [1.807, 2.05) is 0 Å². The van der Waals surface area contributed by atoms with E-state index >= 15 is 0 Å². The van der Waals surface area contributed by atoms with Crippen molar-refractivity contribution >= 4 is 46.0 Å². The Hall–Kier alpha value is -2.38. The second-order valence-corrected chi connectivity index (χ2v) is 5.15. The molecule has 0 radical (unpaired) electrons. The van der Waals surface area contributed by atoms with E-state index in [-0.39, 0.29) is 17.1 Å². The summed E-state index contributed by atoms with van der Waals surface area (Å²) in [5.74, 6) is -1.15. The predicted octanol–water partition coefficient (Wildman–Crippen LogP) is 3.01. The molecular weight excluding hydrogens is 314 g/mol. The van der Waals surface area contributed by atoms with Gasteiger partial charge < -0.3 is 15.5 Å². The molecular formula is C13H8ClN3O3S. The summed E-state index contributed by atoms with van der Waals surface area (Å²) in [7, 11) is 0. The maximum atomic E-state index is 12.2. The Labute approximate surface area is 128 Å². The number of nitrogens with one attached hydrogen (secondary N) is 1. The monoisotopic (exact) mass is 321 g/mol. The van der Waals surface area contributed by atoms with Gasteiger partial charge in [-0.2, -0.15) is 8.75 Å². The minimum atomic E-state index is -0.479. The molecule has 106 valence electrons. The molecule has 1 aromatic heterocycles. The normalized spacial score (nSPS) is 10.7. The number of hydrogen-bond acceptors (Lipinski definition) is 6. The number of phenolic OH excluding ortho intramolecular Hbond substituents is 2. The number of carbonyl (C=O) groups excluding carboxylic acids is 1. The number of amides is 1. The third-order valence-corrected chi connectivity index (χ3v) is 3.71. The second kappa shape index (κ2) is 5.19. The molecule has 0 aliphatic heterocycles. The van der Waals surface area contributed by atoms with Gasteiger partial charge in [-0.05, 0) is 30.3 Å². The number of rotatable bonds is 2. The molecule has 0 unspecified atom stereocenters. The fourth-order valence-corrected chi connectivity index (χ4v) is 2.54. The third-order valence-electron chi connectivity index (χ3n) is 2.85. The summed E-state index contributed by atoms with van der Waals surface area (Å²) in [5, 5.41) is 21.7. The number of aromatic nitrogens is 2. The van der Waals surface area contributed by atoms with Crippen molar-refractivity contribution in [3.63, 3.8) is 0 Å². The fourth-order valence-electron chi connectivity index (χ4n) is 1.80. The number of aromatic hydroxyl groups is 2. The second-order valence-electron chi connectivity index (χ2n) is 4.21. The summed E-state index contributed by atoms with van der Waals surface area (Å²) in [6.07, 6.45) is 0. The molecule has 0 aliphatic carbocycles. The summed E-state index contributed by atoms with van der Waals surface area (Å²) < 4.78 is 8.17. The molecule has 0 atom stereocenters. The molecule has 0 saturated carbocycles. The van der Waals surface area contributed by atoms with E-state index < -0.39 is 5.91 Å². The van der Waals surface area contributed by atoms with Crippen LogP contribution in [-0.2, 0) is 0 Å². The van der Waals surface area contributed by atoms with E-state index in [0.717, 1.165) is 17.8 Å². The van der Waals surface area contributed by atoms with E-state index in [2.05, 4.69) is 14.1 Å². The average Bonchev–Trinajstić information content (AvgIpc) is 2.93. The van der Waals surface area contributed by atoms with Crippen molar-refractivity contribution in [1.82, 2.24) is 8.75 Å². The lowest BCUT2D eigenvalue weighted by atomic mass is 10.1. The van der Waals surface area contributed by atoms with Gasteiger partial charge in [0, 0.05) is 5.56 Å². The van der Waals surface area contributed by atoms with Crippen LogP contribution in [0.4, 0.5) is 5.69 Å². The van der Waals surface area contributed by atoms with E-state index in [1.165, 1.54) is 12.1 Å². The van der Waals surface area contributed by atoms with Crippen molar-refractivity contribution in [3.05, 3.63) is 40.9 Å². The first kappa shape index (κ1) is 13.6. The molecule has 3 aromatic rings. The van der Waals surface area contributed by atoms with Gasteiger partial charge in [0.1, 0.15) is 11.0 Å². The molecule has 8 heteroatoms. The molecule has 0 bridgehead atoms. The lowest BCUT2D eigenvalue weighted by molar-refractivity contribution is 0.102. The van der Waals surface area contributed by atoms with Gasteiger partial charge in [0.2, 0.25) is 0 Å². The Morgan fingerprint density at radius 1 is 1.14 bits per heavy atom. The first-order valence-corrected chi connectivity index (χ1v) is 6.91. The highest BCUT2D eigenvalue weighted by Crippen LogP contribution is 2.31. The van der Waals surface area contributed by atoms with Crippen LogP contribution in [0.1, 0.15) is 10.4 Å². The molecule has 0 spiro atoms. The largest absolute Gasteiger partial charge is 0.504 e. The Morgan fingerprint density at radius 2 is 1.95 bits per heavy atom. The summed E-state index contributed by atoms with van der Waals surface area (Å²) in [6.45, 7) is 0. The Balaban J connectivity index is 1.98. The van der Waals surface area contributed by atoms with Gasteiger partial charge in [0.25, 0.3) is 5.91 Å². The van der Waals surface area contributed by atoms with Crippen LogP contribution in [-0.4, -0.2) is 24.9 Å². The van der Waals surface area contributed by atoms with Crippen LogP contribution in [0.25, 0.3) is 11.0 Å². The number of nitrogens with zero attached hydrogens (tertiary/aromatic N) is 2. The van der Waals surface area contributed by atoms with Crippen LogP contribution in [0, 0.1) is 0 Å². The Bertz CT molecular complexity index is 850. The molecule has 1 amide bonds. The number of hydrogen-bond donors (Lipinski definition) is 3. The van der Waals surface area contributed by atoms with Crippen LogP contribution < -0.4 is 5.32 Å². The molecule has 2 aromatic carbocycles. The number of phenols is 2. The maximum absolute atomic E-state index is 12.2. The quantitative estimate of drug-likeness (QED) is 0.631. The summed E-state index contributed by atoms with van der Waals surface area (Å²) in [4.78, 5) is 12.2. The highest BCUT2D eigenvalue weighted by atomic mass is 35.5. The highest BCUT2D eigenvalue weighted by Gasteiger charge is 2.15. The molecule has 1 heterocycles. The minimum absolute atomic E-state index is 0.182. The van der Waals surface area contributed by atoms with Crippen molar-refractivity contribution in [2.75, 3.05) is 5.32 Å². The van der Waals surface area contributed by atoms with Crippen LogP contribution in [0.3, 0.4) is 0 Å². The first-order chi connectivity index (χ1) is 10.1. The lowest BCUT2D eigenvalue weighted by Gasteiger charge is -2.08. The van der Waals surface area contributed by atoms with Crippen LogP contribution >= 0.6 is 23.3 Å². The van der Waals surface area contributed by atoms with Crippen LogP contribution in [0.5, 0.6) is 11.5 Å². The van der Waals surface area contributed by atoms with Crippen LogP contribution in [0.2, 0.25) is 5.02 Å². The standard InChI is InChI=1S/C13H8ClN3O3S/c14-7-2-3-8-12(17-21-16-8)11(7)15-13(20)6-1-4-9(18)10(19)5-6/h1-5,18-19H,(H,15,20). The third kappa shape index (κ3) is 2.48. The summed E-state index contributed by atoms with van der Waals surface area (Å²) in [6, 6.07) is 7.12. The van der Waals surface area contributed by atoms with Gasteiger partial charge in [-0.25, -0.2) is 0 Å². The predicted molar refractivity (Wildman–Crippen MR) is 80.1 cm³/mol. The van der Waals surface area contributed by atoms with E-state index in [0.29, 0.717) is 21.7 Å². The zero-order valence-corrected chi connectivity index (χ0v) is 11.9. The smallest absolute Gasteiger partial charge is 0.255 e. The Kier molecular flexibility index (Phi) is 3.36. The maximum Gasteiger partial charge on any atom is 0.255 e. The molecule has 3 N–H and O–H groups in total. The highest BCUT2D eigenvalue weighted by molar-refractivity contribution is 7.00. The lowest BCUT2D eigenvalue weighted by Crippen LogP contribution is -2.12. The first-order valence-electron chi connectivity index (χ1n) is 5.80. The van der Waals surface area contributed by atoms with Gasteiger partial charge in [0.05, 0.1) is 22.4 Å². The van der Waals surface area contributed by atoms with Gasteiger partial charge in [0.15, 0.2) is 11.5 Å². The zero-order chi connectivity index (χ0) is 15.0. The van der Waals surface area contributed by atoms with Gasteiger partial charge in [-0.15, -0.1) is 0 Å². The van der Waals surface area contributed by atoms with E-state index in [1.54, 1.807) is 12.1 Å².